The number of carboxylic acids is 1. The van der Waals surface area contributed by atoms with Crippen LogP contribution in [0.1, 0.15) is 15.9 Å². The maximum Gasteiger partial charge on any atom is 1.00 e. The van der Waals surface area contributed by atoms with Crippen LogP contribution >= 0.6 is 11.6 Å². The zero-order valence-electron chi connectivity index (χ0n) is 6.71. The molecule has 0 heterocycles. The van der Waals surface area contributed by atoms with Crippen molar-refractivity contribution in [2.75, 3.05) is 0 Å². The molecule has 4 heteroatoms. The molecule has 1 rings (SSSR count). The second-order valence-corrected chi connectivity index (χ2v) is 2.39. The zero-order valence-corrected chi connectivity index (χ0v) is 12.4. The summed E-state index contributed by atoms with van der Waals surface area (Å²) in [6, 6.07) is 6.29. The maximum atomic E-state index is 10.3. The summed E-state index contributed by atoms with van der Waals surface area (Å²) >= 11 is 5.50. The van der Waals surface area contributed by atoms with Crippen molar-refractivity contribution in [2.45, 2.75) is 5.88 Å². The molecule has 0 atom stereocenters. The Hall–Kier alpha value is 0.785. The van der Waals surface area contributed by atoms with Gasteiger partial charge in [-0.25, -0.2) is 0 Å². The second kappa shape index (κ2) is 6.27. The summed E-state index contributed by atoms with van der Waals surface area (Å²) in [7, 11) is 0. The number of carbonyl (C=O) groups excluding carboxylic acids is 1. The largest absolute Gasteiger partial charge is 1.00 e. The summed E-state index contributed by atoms with van der Waals surface area (Å²) in [6.45, 7) is 0. The Balaban J connectivity index is 0.00000121. The average Bonchev–Trinajstić information content (AvgIpc) is 2.05. The molecule has 1 aromatic carbocycles. The van der Waals surface area contributed by atoms with E-state index in [1.54, 1.807) is 12.1 Å². The van der Waals surface area contributed by atoms with Crippen molar-refractivity contribution < 1.29 is 68.1 Å². The fourth-order valence-corrected chi connectivity index (χ4v) is 0.908. The molecule has 1 aromatic rings. The van der Waals surface area contributed by atoms with Gasteiger partial charge in [0.1, 0.15) is 0 Å². The molecule has 0 N–H and O–H groups in total. The number of carboxylic acid groups (broad SMARTS) is 1. The molecule has 0 unspecified atom stereocenters. The Morgan fingerprint density at radius 3 is 2.17 bits per heavy atom. The molecule has 58 valence electrons. The van der Waals surface area contributed by atoms with Crippen molar-refractivity contribution in [1.82, 2.24) is 0 Å². The van der Waals surface area contributed by atoms with Crippen molar-refractivity contribution in [3.8, 4) is 0 Å². The normalized spacial score (nSPS) is 8.75. The van der Waals surface area contributed by atoms with Gasteiger partial charge in [0.15, 0.2) is 0 Å². The van der Waals surface area contributed by atoms with Crippen LogP contribution in [0.4, 0.5) is 0 Å². The number of carbonyl (C=O) groups is 1. The summed E-state index contributed by atoms with van der Waals surface area (Å²) in [6.07, 6.45) is 0. The first-order valence-corrected chi connectivity index (χ1v) is 3.63. The molecule has 0 aliphatic carbocycles. The molecule has 0 aliphatic rings. The molecule has 0 aromatic heterocycles. The van der Waals surface area contributed by atoms with Crippen LogP contribution in [0.15, 0.2) is 24.3 Å². The third kappa shape index (κ3) is 3.67. The van der Waals surface area contributed by atoms with Crippen molar-refractivity contribution in [3.05, 3.63) is 35.4 Å². The molecular formula is C8H6ClO2Rb. The number of alkyl halides is 1. The molecule has 0 saturated heterocycles. The van der Waals surface area contributed by atoms with Gasteiger partial charge in [-0.1, -0.05) is 24.3 Å². The number of hydrogen-bond donors (Lipinski definition) is 0. The van der Waals surface area contributed by atoms with Gasteiger partial charge in [-0.15, -0.1) is 11.6 Å². The number of hydrogen-bond acceptors (Lipinski definition) is 2. The monoisotopic (exact) mass is 254 g/mol. The standard InChI is InChI=1S/C8H7ClO2.Rb/c9-5-6-1-3-7(4-2-6)8(10)11;/h1-4H,5H2,(H,10,11);/q;+1/p-1. The minimum Gasteiger partial charge on any atom is -0.545 e. The van der Waals surface area contributed by atoms with Crippen LogP contribution in [-0.4, -0.2) is 5.97 Å². The van der Waals surface area contributed by atoms with Crippen LogP contribution in [0.3, 0.4) is 0 Å². The van der Waals surface area contributed by atoms with E-state index in [2.05, 4.69) is 0 Å². The molecule has 12 heavy (non-hydrogen) atoms. The summed E-state index contributed by atoms with van der Waals surface area (Å²) in [4.78, 5) is 10.3. The molecule has 0 saturated carbocycles. The second-order valence-electron chi connectivity index (χ2n) is 2.12. The summed E-state index contributed by atoms with van der Waals surface area (Å²) in [5.74, 6) is -0.765. The average molecular weight is 255 g/mol. The summed E-state index contributed by atoms with van der Waals surface area (Å²) in [5, 5.41) is 10.3. The smallest absolute Gasteiger partial charge is 0.545 e. The van der Waals surface area contributed by atoms with E-state index in [4.69, 9.17) is 11.6 Å². The van der Waals surface area contributed by atoms with E-state index in [1.165, 1.54) is 12.1 Å². The number of rotatable bonds is 2. The van der Waals surface area contributed by atoms with Crippen molar-refractivity contribution in [2.24, 2.45) is 0 Å². The summed E-state index contributed by atoms with van der Waals surface area (Å²) in [5.41, 5.74) is 1.08. The van der Waals surface area contributed by atoms with E-state index in [1.807, 2.05) is 0 Å². The van der Waals surface area contributed by atoms with E-state index >= 15 is 0 Å². The first-order chi connectivity index (χ1) is 5.24. The van der Waals surface area contributed by atoms with Crippen LogP contribution in [-0.2, 0) is 5.88 Å². The first-order valence-electron chi connectivity index (χ1n) is 3.10. The van der Waals surface area contributed by atoms with Gasteiger partial charge in [0.25, 0.3) is 0 Å². The third-order valence-electron chi connectivity index (χ3n) is 1.34. The van der Waals surface area contributed by atoms with Crippen molar-refractivity contribution in [1.29, 1.82) is 0 Å². The van der Waals surface area contributed by atoms with Crippen molar-refractivity contribution in [3.63, 3.8) is 0 Å². The first kappa shape index (κ1) is 12.8. The predicted molar refractivity (Wildman–Crippen MR) is 40.3 cm³/mol. The molecule has 0 aliphatic heterocycles. The number of aromatic carboxylic acids is 1. The third-order valence-corrected chi connectivity index (χ3v) is 1.65. The Morgan fingerprint density at radius 2 is 1.83 bits per heavy atom. The van der Waals surface area contributed by atoms with E-state index < -0.39 is 5.97 Å². The molecule has 0 amide bonds. The fraction of sp³-hybridized carbons (Fsp3) is 0.125. The van der Waals surface area contributed by atoms with Crippen LogP contribution in [0.25, 0.3) is 0 Å². The van der Waals surface area contributed by atoms with E-state index in [0.29, 0.717) is 5.88 Å². The van der Waals surface area contributed by atoms with Gasteiger partial charge in [0.2, 0.25) is 0 Å². The zero-order chi connectivity index (χ0) is 8.27. The van der Waals surface area contributed by atoms with Gasteiger partial charge in [-0.2, -0.15) is 0 Å². The Labute approximate surface area is 125 Å². The minimum atomic E-state index is -1.16. The van der Waals surface area contributed by atoms with Crippen LogP contribution in [0.2, 0.25) is 0 Å². The molecule has 2 nitrogen and oxygen atoms in total. The molecular weight excluding hydrogens is 249 g/mol. The Bertz CT molecular complexity index is 258. The van der Waals surface area contributed by atoms with Gasteiger partial charge in [0.05, 0.1) is 5.97 Å². The quantitative estimate of drug-likeness (QED) is 0.562. The molecule has 0 radical (unpaired) electrons. The van der Waals surface area contributed by atoms with Gasteiger partial charge >= 0.3 is 58.2 Å². The minimum absolute atomic E-state index is 0. The fourth-order valence-electron chi connectivity index (χ4n) is 0.730. The van der Waals surface area contributed by atoms with Gasteiger partial charge in [0, 0.05) is 5.88 Å². The summed E-state index contributed by atoms with van der Waals surface area (Å²) < 4.78 is 0. The predicted octanol–water partition coefficient (Wildman–Crippen LogP) is -2.21. The molecule has 0 bridgehead atoms. The van der Waals surface area contributed by atoms with Crippen molar-refractivity contribution >= 4 is 17.6 Å². The van der Waals surface area contributed by atoms with E-state index in [-0.39, 0.29) is 63.8 Å². The van der Waals surface area contributed by atoms with Gasteiger partial charge < -0.3 is 9.90 Å². The number of halogens is 1. The Morgan fingerprint density at radius 1 is 1.33 bits per heavy atom. The van der Waals surface area contributed by atoms with Crippen LogP contribution < -0.4 is 63.3 Å². The topological polar surface area (TPSA) is 40.1 Å². The van der Waals surface area contributed by atoms with Crippen LogP contribution in [0.5, 0.6) is 0 Å². The van der Waals surface area contributed by atoms with Gasteiger partial charge in [-0.3, -0.25) is 0 Å². The molecule has 0 spiro atoms. The Kier molecular flexibility index (Phi) is 6.68. The number of benzene rings is 1. The van der Waals surface area contributed by atoms with Crippen LogP contribution in [0, 0.1) is 0 Å². The molecule has 0 fully saturated rings. The van der Waals surface area contributed by atoms with E-state index in [9.17, 15) is 9.90 Å². The maximum absolute atomic E-state index is 10.3. The SMILES string of the molecule is O=C([O-])c1ccc(CCl)cc1.[Rb+]. The van der Waals surface area contributed by atoms with E-state index in [0.717, 1.165) is 5.56 Å². The van der Waals surface area contributed by atoms with Gasteiger partial charge in [-0.05, 0) is 11.1 Å².